The van der Waals surface area contributed by atoms with Crippen LogP contribution in [0.3, 0.4) is 0 Å². The molecule has 122 valence electrons. The zero-order chi connectivity index (χ0) is 17.3. The van der Waals surface area contributed by atoms with Crippen molar-refractivity contribution in [2.24, 2.45) is 0 Å². The minimum atomic E-state index is -0.545. The van der Waals surface area contributed by atoms with E-state index >= 15 is 0 Å². The molecule has 0 aliphatic carbocycles. The Labute approximate surface area is 145 Å². The summed E-state index contributed by atoms with van der Waals surface area (Å²) in [6.45, 7) is -0.0652. The number of imide groups is 1. The van der Waals surface area contributed by atoms with Crippen molar-refractivity contribution in [3.8, 4) is 0 Å². The molecule has 0 saturated heterocycles. The van der Waals surface area contributed by atoms with Gasteiger partial charge in [0, 0.05) is 17.4 Å². The first-order valence-corrected chi connectivity index (χ1v) is 7.97. The number of hydrogen-bond donors (Lipinski definition) is 1. The number of benzene rings is 2. The van der Waals surface area contributed by atoms with Crippen LogP contribution in [0.25, 0.3) is 0 Å². The lowest BCUT2D eigenvalue weighted by Crippen LogP contribution is -2.32. The van der Waals surface area contributed by atoms with E-state index in [1.165, 1.54) is 18.2 Å². The SMILES string of the molecule is O=C(CCN1C(=O)c2ccc(Br)cc2C1=O)Nc1ccccc1F. The quantitative estimate of drug-likeness (QED) is 0.815. The number of carbonyl (C=O) groups is 3. The molecule has 24 heavy (non-hydrogen) atoms. The Balaban J connectivity index is 1.65. The lowest BCUT2D eigenvalue weighted by Gasteiger charge is -2.13. The van der Waals surface area contributed by atoms with Crippen LogP contribution in [0.15, 0.2) is 46.9 Å². The minimum Gasteiger partial charge on any atom is -0.324 e. The molecule has 0 atom stereocenters. The van der Waals surface area contributed by atoms with Gasteiger partial charge in [0.05, 0.1) is 16.8 Å². The normalized spacial score (nSPS) is 13.2. The van der Waals surface area contributed by atoms with Gasteiger partial charge in [0.1, 0.15) is 5.82 Å². The van der Waals surface area contributed by atoms with Crippen LogP contribution < -0.4 is 5.32 Å². The Morgan fingerprint density at radius 3 is 2.54 bits per heavy atom. The summed E-state index contributed by atoms with van der Waals surface area (Å²) in [7, 11) is 0. The van der Waals surface area contributed by atoms with Gasteiger partial charge in [-0.2, -0.15) is 0 Å². The summed E-state index contributed by atoms with van der Waals surface area (Å²) in [6, 6.07) is 10.6. The van der Waals surface area contributed by atoms with Gasteiger partial charge in [0.15, 0.2) is 0 Å². The van der Waals surface area contributed by atoms with E-state index in [1.807, 2.05) is 0 Å². The van der Waals surface area contributed by atoms with Crippen LogP contribution in [0.1, 0.15) is 27.1 Å². The average Bonchev–Trinajstić information content (AvgIpc) is 2.78. The van der Waals surface area contributed by atoms with Crippen molar-refractivity contribution >= 4 is 39.3 Å². The maximum Gasteiger partial charge on any atom is 0.261 e. The summed E-state index contributed by atoms with van der Waals surface area (Å²) < 4.78 is 14.2. The Morgan fingerprint density at radius 2 is 1.79 bits per heavy atom. The summed E-state index contributed by atoms with van der Waals surface area (Å²) >= 11 is 3.26. The molecule has 5 nitrogen and oxygen atoms in total. The van der Waals surface area contributed by atoms with E-state index in [9.17, 15) is 18.8 Å². The minimum absolute atomic E-state index is 0.0637. The first kappa shape index (κ1) is 16.3. The average molecular weight is 391 g/mol. The van der Waals surface area contributed by atoms with Gasteiger partial charge in [-0.15, -0.1) is 0 Å². The third-order valence-corrected chi connectivity index (χ3v) is 4.14. The molecular formula is C17H12BrFN2O3. The topological polar surface area (TPSA) is 66.5 Å². The first-order valence-electron chi connectivity index (χ1n) is 7.17. The fourth-order valence-electron chi connectivity index (χ4n) is 2.45. The highest BCUT2D eigenvalue weighted by Gasteiger charge is 2.35. The number of anilines is 1. The van der Waals surface area contributed by atoms with Gasteiger partial charge in [0.25, 0.3) is 11.8 Å². The van der Waals surface area contributed by atoms with Crippen LogP contribution in [-0.4, -0.2) is 29.2 Å². The zero-order valence-electron chi connectivity index (χ0n) is 12.4. The number of para-hydroxylation sites is 1. The van der Waals surface area contributed by atoms with Gasteiger partial charge in [-0.1, -0.05) is 28.1 Å². The Bertz CT molecular complexity index is 853. The second-order valence-corrected chi connectivity index (χ2v) is 6.15. The molecule has 1 aliphatic rings. The summed E-state index contributed by atoms with van der Waals surface area (Å²) in [5.74, 6) is -1.88. The van der Waals surface area contributed by atoms with Crippen molar-refractivity contribution in [3.05, 3.63) is 63.9 Å². The van der Waals surface area contributed by atoms with Crippen LogP contribution in [0.4, 0.5) is 10.1 Å². The third-order valence-electron chi connectivity index (χ3n) is 3.64. The van der Waals surface area contributed by atoms with Crippen LogP contribution in [0.2, 0.25) is 0 Å². The maximum atomic E-state index is 13.5. The highest BCUT2D eigenvalue weighted by atomic mass is 79.9. The predicted molar refractivity (Wildman–Crippen MR) is 89.2 cm³/mol. The van der Waals surface area contributed by atoms with Crippen molar-refractivity contribution in [3.63, 3.8) is 0 Å². The number of nitrogens with zero attached hydrogens (tertiary/aromatic N) is 1. The molecule has 0 bridgehead atoms. The Morgan fingerprint density at radius 1 is 1.08 bits per heavy atom. The second kappa shape index (κ2) is 6.52. The molecule has 7 heteroatoms. The number of halogens is 2. The van der Waals surface area contributed by atoms with Crippen LogP contribution in [0.5, 0.6) is 0 Å². The Kier molecular flexibility index (Phi) is 4.44. The molecule has 0 fully saturated rings. The molecule has 1 heterocycles. The van der Waals surface area contributed by atoms with E-state index < -0.39 is 23.5 Å². The molecule has 0 aromatic heterocycles. The van der Waals surface area contributed by atoms with E-state index in [0.29, 0.717) is 15.6 Å². The number of carbonyl (C=O) groups excluding carboxylic acids is 3. The lowest BCUT2D eigenvalue weighted by atomic mass is 10.1. The molecule has 3 rings (SSSR count). The summed E-state index contributed by atoms with van der Waals surface area (Å²) in [5, 5.41) is 2.42. The van der Waals surface area contributed by atoms with Crippen molar-refractivity contribution < 1.29 is 18.8 Å². The van der Waals surface area contributed by atoms with Crippen molar-refractivity contribution in [1.29, 1.82) is 0 Å². The standard InChI is InChI=1S/C17H12BrFN2O3/c18-10-5-6-11-12(9-10)17(24)21(16(11)23)8-7-15(22)20-14-4-2-1-3-13(14)19/h1-6,9H,7-8H2,(H,20,22). The number of rotatable bonds is 4. The molecule has 2 aromatic carbocycles. The van der Waals surface area contributed by atoms with Gasteiger partial charge in [-0.3, -0.25) is 19.3 Å². The first-order chi connectivity index (χ1) is 11.5. The zero-order valence-corrected chi connectivity index (χ0v) is 14.0. The fraction of sp³-hybridized carbons (Fsp3) is 0.118. The highest BCUT2D eigenvalue weighted by molar-refractivity contribution is 9.10. The van der Waals surface area contributed by atoms with Crippen molar-refractivity contribution in [2.75, 3.05) is 11.9 Å². The Hall–Kier alpha value is -2.54. The molecule has 0 spiro atoms. The van der Waals surface area contributed by atoms with E-state index in [0.717, 1.165) is 4.90 Å². The fourth-order valence-corrected chi connectivity index (χ4v) is 2.82. The van der Waals surface area contributed by atoms with Gasteiger partial charge >= 0.3 is 0 Å². The van der Waals surface area contributed by atoms with E-state index in [2.05, 4.69) is 21.2 Å². The molecule has 0 saturated carbocycles. The number of nitrogens with one attached hydrogen (secondary N) is 1. The van der Waals surface area contributed by atoms with E-state index in [-0.39, 0.29) is 18.7 Å². The number of fused-ring (bicyclic) bond motifs is 1. The summed E-state index contributed by atoms with van der Waals surface area (Å²) in [6.07, 6.45) is -0.110. The molecule has 2 aromatic rings. The number of amides is 3. The molecule has 1 aliphatic heterocycles. The third kappa shape index (κ3) is 3.07. The smallest absolute Gasteiger partial charge is 0.261 e. The summed E-state index contributed by atoms with van der Waals surface area (Å²) in [4.78, 5) is 37.5. The summed E-state index contributed by atoms with van der Waals surface area (Å²) in [5.41, 5.74) is 0.690. The number of hydrogen-bond acceptors (Lipinski definition) is 3. The molecule has 0 radical (unpaired) electrons. The molecule has 0 unspecified atom stereocenters. The van der Waals surface area contributed by atoms with E-state index in [1.54, 1.807) is 24.3 Å². The van der Waals surface area contributed by atoms with E-state index in [4.69, 9.17) is 0 Å². The van der Waals surface area contributed by atoms with Gasteiger partial charge in [-0.05, 0) is 30.3 Å². The predicted octanol–water partition coefficient (Wildman–Crippen LogP) is 3.21. The van der Waals surface area contributed by atoms with Crippen molar-refractivity contribution in [1.82, 2.24) is 4.90 Å². The maximum absolute atomic E-state index is 13.5. The van der Waals surface area contributed by atoms with Gasteiger partial charge in [0.2, 0.25) is 5.91 Å². The largest absolute Gasteiger partial charge is 0.324 e. The van der Waals surface area contributed by atoms with Crippen LogP contribution >= 0.6 is 15.9 Å². The molecular weight excluding hydrogens is 379 g/mol. The molecule has 1 N–H and O–H groups in total. The van der Waals surface area contributed by atoms with Crippen LogP contribution in [-0.2, 0) is 4.79 Å². The second-order valence-electron chi connectivity index (χ2n) is 5.23. The van der Waals surface area contributed by atoms with Gasteiger partial charge < -0.3 is 5.32 Å². The van der Waals surface area contributed by atoms with Crippen molar-refractivity contribution in [2.45, 2.75) is 6.42 Å². The van der Waals surface area contributed by atoms with Crippen LogP contribution in [0, 0.1) is 5.82 Å². The monoisotopic (exact) mass is 390 g/mol. The highest BCUT2D eigenvalue weighted by Crippen LogP contribution is 2.26. The van der Waals surface area contributed by atoms with Gasteiger partial charge in [-0.25, -0.2) is 4.39 Å². The lowest BCUT2D eigenvalue weighted by molar-refractivity contribution is -0.116. The molecule has 3 amide bonds.